The van der Waals surface area contributed by atoms with Crippen LogP contribution in [0.4, 0.5) is 0 Å². The van der Waals surface area contributed by atoms with Gasteiger partial charge in [-0.3, -0.25) is 4.98 Å². The SMILES string of the molecule is Cc1cnc2ccc(OCc3ccccc3)cc2c1Cl. The highest BCUT2D eigenvalue weighted by Crippen LogP contribution is 2.28. The van der Waals surface area contributed by atoms with Gasteiger partial charge in [0.05, 0.1) is 10.5 Å². The summed E-state index contributed by atoms with van der Waals surface area (Å²) in [5.41, 5.74) is 2.99. The molecule has 20 heavy (non-hydrogen) atoms. The first-order valence-corrected chi connectivity index (χ1v) is 6.83. The zero-order valence-corrected chi connectivity index (χ0v) is 11.9. The highest BCUT2D eigenvalue weighted by molar-refractivity contribution is 6.36. The van der Waals surface area contributed by atoms with Gasteiger partial charge in [0.25, 0.3) is 0 Å². The molecule has 0 aliphatic heterocycles. The Labute approximate surface area is 123 Å². The topological polar surface area (TPSA) is 22.1 Å². The van der Waals surface area contributed by atoms with E-state index in [9.17, 15) is 0 Å². The first kappa shape index (κ1) is 12.9. The van der Waals surface area contributed by atoms with Gasteiger partial charge >= 0.3 is 0 Å². The van der Waals surface area contributed by atoms with Crippen LogP contribution in [0, 0.1) is 6.92 Å². The second-order valence-corrected chi connectivity index (χ2v) is 5.09. The van der Waals surface area contributed by atoms with E-state index in [0.29, 0.717) is 6.61 Å². The van der Waals surface area contributed by atoms with Gasteiger partial charge in [-0.15, -0.1) is 0 Å². The Hall–Kier alpha value is -2.06. The zero-order chi connectivity index (χ0) is 13.9. The van der Waals surface area contributed by atoms with Crippen molar-refractivity contribution >= 4 is 22.5 Å². The van der Waals surface area contributed by atoms with Gasteiger partial charge in [-0.05, 0) is 36.2 Å². The van der Waals surface area contributed by atoms with E-state index < -0.39 is 0 Å². The Morgan fingerprint density at radius 3 is 2.70 bits per heavy atom. The smallest absolute Gasteiger partial charge is 0.120 e. The van der Waals surface area contributed by atoms with E-state index in [2.05, 4.69) is 4.98 Å². The minimum atomic E-state index is 0.545. The molecule has 0 N–H and O–H groups in total. The van der Waals surface area contributed by atoms with Crippen molar-refractivity contribution in [2.24, 2.45) is 0 Å². The highest BCUT2D eigenvalue weighted by Gasteiger charge is 2.05. The number of aromatic nitrogens is 1. The fourth-order valence-corrected chi connectivity index (χ4v) is 2.27. The van der Waals surface area contributed by atoms with Gasteiger partial charge in [-0.1, -0.05) is 41.9 Å². The van der Waals surface area contributed by atoms with Crippen LogP contribution in [0.3, 0.4) is 0 Å². The molecule has 2 nitrogen and oxygen atoms in total. The number of pyridine rings is 1. The summed E-state index contributed by atoms with van der Waals surface area (Å²) in [7, 11) is 0. The number of fused-ring (bicyclic) bond motifs is 1. The minimum Gasteiger partial charge on any atom is -0.489 e. The third kappa shape index (κ3) is 2.61. The lowest BCUT2D eigenvalue weighted by atomic mass is 10.1. The first-order valence-electron chi connectivity index (χ1n) is 6.45. The zero-order valence-electron chi connectivity index (χ0n) is 11.1. The Balaban J connectivity index is 1.87. The molecule has 0 fully saturated rings. The van der Waals surface area contributed by atoms with Gasteiger partial charge in [0.1, 0.15) is 12.4 Å². The number of halogens is 1. The van der Waals surface area contributed by atoms with E-state index in [-0.39, 0.29) is 0 Å². The molecule has 0 saturated carbocycles. The molecule has 3 heteroatoms. The van der Waals surface area contributed by atoms with Gasteiger partial charge in [-0.2, -0.15) is 0 Å². The van der Waals surface area contributed by atoms with Crippen LogP contribution in [-0.2, 0) is 6.61 Å². The lowest BCUT2D eigenvalue weighted by Crippen LogP contribution is -1.95. The molecule has 0 saturated heterocycles. The van der Waals surface area contributed by atoms with Crippen LogP contribution in [0.5, 0.6) is 5.75 Å². The number of hydrogen-bond acceptors (Lipinski definition) is 2. The molecule has 0 aliphatic carbocycles. The maximum Gasteiger partial charge on any atom is 0.120 e. The molecule has 0 atom stereocenters. The normalized spacial score (nSPS) is 10.7. The molecule has 0 amide bonds. The van der Waals surface area contributed by atoms with Crippen molar-refractivity contribution in [2.75, 3.05) is 0 Å². The predicted octanol–water partition coefficient (Wildman–Crippen LogP) is 4.78. The standard InChI is InChI=1S/C17H14ClNO/c1-12-10-19-16-8-7-14(9-15(16)17(12)18)20-11-13-5-3-2-4-6-13/h2-10H,11H2,1H3. The molecule has 3 rings (SSSR count). The summed E-state index contributed by atoms with van der Waals surface area (Å²) in [5.74, 6) is 0.802. The molecule has 0 radical (unpaired) electrons. The molecule has 0 aliphatic rings. The molecule has 0 spiro atoms. The van der Waals surface area contributed by atoms with Crippen molar-refractivity contribution in [2.45, 2.75) is 13.5 Å². The number of ether oxygens (including phenoxy) is 1. The summed E-state index contributed by atoms with van der Waals surface area (Å²) in [6, 6.07) is 15.9. The maximum atomic E-state index is 6.32. The number of benzene rings is 2. The summed E-state index contributed by atoms with van der Waals surface area (Å²) in [6.45, 7) is 2.50. The summed E-state index contributed by atoms with van der Waals surface area (Å²) in [6.07, 6.45) is 1.79. The van der Waals surface area contributed by atoms with Crippen molar-refractivity contribution in [1.82, 2.24) is 4.98 Å². The molecule has 1 heterocycles. The van der Waals surface area contributed by atoms with E-state index >= 15 is 0 Å². The second kappa shape index (κ2) is 5.51. The van der Waals surface area contributed by atoms with Crippen molar-refractivity contribution in [3.05, 3.63) is 70.9 Å². The lowest BCUT2D eigenvalue weighted by molar-refractivity contribution is 0.306. The molecule has 2 aromatic carbocycles. The van der Waals surface area contributed by atoms with Crippen LogP contribution < -0.4 is 4.74 Å². The Morgan fingerprint density at radius 1 is 1.10 bits per heavy atom. The van der Waals surface area contributed by atoms with Gasteiger partial charge in [0, 0.05) is 11.6 Å². The summed E-state index contributed by atoms with van der Waals surface area (Å²) in [5, 5.41) is 1.66. The number of aryl methyl sites for hydroxylation is 1. The minimum absolute atomic E-state index is 0.545. The van der Waals surface area contributed by atoms with Crippen LogP contribution in [0.25, 0.3) is 10.9 Å². The average molecular weight is 284 g/mol. The molecule has 0 bridgehead atoms. The first-order chi connectivity index (χ1) is 9.74. The van der Waals surface area contributed by atoms with Crippen LogP contribution in [0.2, 0.25) is 5.02 Å². The van der Waals surface area contributed by atoms with E-state index in [1.807, 2.05) is 55.5 Å². The van der Waals surface area contributed by atoms with Crippen LogP contribution in [0.15, 0.2) is 54.7 Å². The number of rotatable bonds is 3. The van der Waals surface area contributed by atoms with Gasteiger partial charge in [-0.25, -0.2) is 0 Å². The van der Waals surface area contributed by atoms with Crippen molar-refractivity contribution in [3.63, 3.8) is 0 Å². The van der Waals surface area contributed by atoms with E-state index in [0.717, 1.165) is 32.8 Å². The third-order valence-corrected chi connectivity index (χ3v) is 3.70. The Morgan fingerprint density at radius 2 is 1.90 bits per heavy atom. The Kier molecular flexibility index (Phi) is 3.57. The molecular weight excluding hydrogens is 270 g/mol. The van der Waals surface area contributed by atoms with E-state index in [4.69, 9.17) is 16.3 Å². The monoisotopic (exact) mass is 283 g/mol. The van der Waals surface area contributed by atoms with Gasteiger partial charge < -0.3 is 4.74 Å². The average Bonchev–Trinajstić information content (AvgIpc) is 2.50. The van der Waals surface area contributed by atoms with E-state index in [1.54, 1.807) is 6.20 Å². The quantitative estimate of drug-likeness (QED) is 0.690. The van der Waals surface area contributed by atoms with Gasteiger partial charge in [0.15, 0.2) is 0 Å². The van der Waals surface area contributed by atoms with Crippen molar-refractivity contribution < 1.29 is 4.74 Å². The molecule has 0 unspecified atom stereocenters. The summed E-state index contributed by atoms with van der Waals surface area (Å²) in [4.78, 5) is 4.36. The largest absolute Gasteiger partial charge is 0.489 e. The van der Waals surface area contributed by atoms with Gasteiger partial charge in [0.2, 0.25) is 0 Å². The van der Waals surface area contributed by atoms with Crippen LogP contribution in [0.1, 0.15) is 11.1 Å². The highest BCUT2D eigenvalue weighted by atomic mass is 35.5. The lowest BCUT2D eigenvalue weighted by Gasteiger charge is -2.08. The molecule has 1 aromatic heterocycles. The fourth-order valence-electron chi connectivity index (χ4n) is 2.07. The third-order valence-electron chi connectivity index (χ3n) is 3.20. The van der Waals surface area contributed by atoms with Crippen LogP contribution >= 0.6 is 11.6 Å². The number of nitrogens with zero attached hydrogens (tertiary/aromatic N) is 1. The van der Waals surface area contributed by atoms with Crippen molar-refractivity contribution in [1.29, 1.82) is 0 Å². The van der Waals surface area contributed by atoms with Crippen LogP contribution in [-0.4, -0.2) is 4.98 Å². The molecular formula is C17H14ClNO. The summed E-state index contributed by atoms with van der Waals surface area (Å²) < 4.78 is 5.81. The molecule has 100 valence electrons. The fraction of sp³-hybridized carbons (Fsp3) is 0.118. The summed E-state index contributed by atoms with van der Waals surface area (Å²) >= 11 is 6.32. The Bertz CT molecular complexity index is 741. The van der Waals surface area contributed by atoms with E-state index in [1.165, 1.54) is 0 Å². The van der Waals surface area contributed by atoms with Crippen molar-refractivity contribution in [3.8, 4) is 5.75 Å². The second-order valence-electron chi connectivity index (χ2n) is 4.71. The molecule has 3 aromatic rings. The number of hydrogen-bond donors (Lipinski definition) is 0. The predicted molar refractivity (Wildman–Crippen MR) is 82.3 cm³/mol. The maximum absolute atomic E-state index is 6.32.